The summed E-state index contributed by atoms with van der Waals surface area (Å²) in [6, 6.07) is 9.28. The van der Waals surface area contributed by atoms with Crippen molar-refractivity contribution in [3.8, 4) is 6.07 Å². The van der Waals surface area contributed by atoms with E-state index in [9.17, 15) is 5.11 Å². The van der Waals surface area contributed by atoms with Crippen molar-refractivity contribution in [2.75, 3.05) is 25.4 Å². The molecule has 1 aromatic rings. The van der Waals surface area contributed by atoms with Crippen LogP contribution in [-0.2, 0) is 0 Å². The summed E-state index contributed by atoms with van der Waals surface area (Å²) in [5.41, 5.74) is 1.52. The predicted molar refractivity (Wildman–Crippen MR) is 74.5 cm³/mol. The molecule has 2 unspecified atom stereocenters. The lowest BCUT2D eigenvalue weighted by Gasteiger charge is -2.32. The molecule has 0 aromatic heterocycles. The van der Waals surface area contributed by atoms with Crippen LogP contribution in [0.3, 0.4) is 0 Å². The summed E-state index contributed by atoms with van der Waals surface area (Å²) in [6.45, 7) is 4.99. The van der Waals surface area contributed by atoms with E-state index in [-0.39, 0.29) is 0 Å². The van der Waals surface area contributed by atoms with E-state index >= 15 is 0 Å². The second-order valence-corrected chi connectivity index (χ2v) is 6.24. The highest BCUT2D eigenvalue weighted by atomic mass is 32.2. The van der Waals surface area contributed by atoms with Gasteiger partial charge in [0.15, 0.2) is 0 Å². The maximum absolute atomic E-state index is 10.2. The van der Waals surface area contributed by atoms with Gasteiger partial charge in [-0.3, -0.25) is 4.90 Å². The van der Waals surface area contributed by atoms with E-state index in [1.807, 2.05) is 23.9 Å². The lowest BCUT2D eigenvalue weighted by molar-refractivity contribution is 0.115. The summed E-state index contributed by atoms with van der Waals surface area (Å²) in [6.07, 6.45) is -0.465. The quantitative estimate of drug-likeness (QED) is 0.905. The molecule has 1 saturated heterocycles. The van der Waals surface area contributed by atoms with Gasteiger partial charge >= 0.3 is 0 Å². The van der Waals surface area contributed by atoms with Crippen LogP contribution in [0.25, 0.3) is 0 Å². The van der Waals surface area contributed by atoms with Gasteiger partial charge in [0.2, 0.25) is 0 Å². The van der Waals surface area contributed by atoms with Crippen LogP contribution in [0.1, 0.15) is 24.2 Å². The Morgan fingerprint density at radius 2 is 2.22 bits per heavy atom. The molecule has 1 aliphatic rings. The summed E-state index contributed by atoms with van der Waals surface area (Å²) in [7, 11) is 0. The lowest BCUT2D eigenvalue weighted by atomic mass is 10.1. The maximum Gasteiger partial charge on any atom is 0.0991 e. The number of hydrogen-bond acceptors (Lipinski definition) is 4. The van der Waals surface area contributed by atoms with Crippen molar-refractivity contribution in [2.45, 2.75) is 18.3 Å². The van der Waals surface area contributed by atoms with Gasteiger partial charge in [-0.05, 0) is 17.7 Å². The second kappa shape index (κ2) is 6.24. The van der Waals surface area contributed by atoms with Gasteiger partial charge < -0.3 is 5.11 Å². The zero-order valence-corrected chi connectivity index (χ0v) is 11.4. The van der Waals surface area contributed by atoms with Crippen LogP contribution >= 0.6 is 11.8 Å². The highest BCUT2D eigenvalue weighted by Crippen LogP contribution is 2.21. The molecule has 2 atom stereocenters. The number of rotatable bonds is 3. The van der Waals surface area contributed by atoms with Gasteiger partial charge in [-0.15, -0.1) is 0 Å². The van der Waals surface area contributed by atoms with Crippen molar-refractivity contribution in [1.82, 2.24) is 4.90 Å². The Hall–Kier alpha value is -1.02. The molecule has 1 heterocycles. The minimum Gasteiger partial charge on any atom is -0.387 e. The Labute approximate surface area is 112 Å². The Kier molecular flexibility index (Phi) is 4.65. The van der Waals surface area contributed by atoms with Gasteiger partial charge in [0.25, 0.3) is 0 Å². The first-order valence-corrected chi connectivity index (χ1v) is 7.26. The highest BCUT2D eigenvalue weighted by molar-refractivity contribution is 7.99. The largest absolute Gasteiger partial charge is 0.387 e. The van der Waals surface area contributed by atoms with Crippen molar-refractivity contribution in [3.63, 3.8) is 0 Å². The third kappa shape index (κ3) is 3.49. The summed E-state index contributed by atoms with van der Waals surface area (Å²) in [5, 5.41) is 19.6. The van der Waals surface area contributed by atoms with Gasteiger partial charge in [-0.1, -0.05) is 19.1 Å². The molecular weight excluding hydrogens is 244 g/mol. The number of benzene rings is 1. The lowest BCUT2D eigenvalue weighted by Crippen LogP contribution is -2.39. The first-order valence-electron chi connectivity index (χ1n) is 6.21. The molecule has 1 N–H and O–H groups in total. The Balaban J connectivity index is 1.94. The fraction of sp³-hybridized carbons (Fsp3) is 0.500. The second-order valence-electron chi connectivity index (χ2n) is 4.69. The molecule has 2 rings (SSSR count). The van der Waals surface area contributed by atoms with Crippen molar-refractivity contribution in [2.24, 2.45) is 0 Å². The van der Waals surface area contributed by atoms with Crippen molar-refractivity contribution in [1.29, 1.82) is 5.26 Å². The molecule has 0 radical (unpaired) electrons. The number of nitrogens with zero attached hydrogens (tertiary/aromatic N) is 2. The number of aliphatic hydroxyl groups is 1. The zero-order valence-electron chi connectivity index (χ0n) is 10.5. The van der Waals surface area contributed by atoms with E-state index in [4.69, 9.17) is 5.26 Å². The van der Waals surface area contributed by atoms with Gasteiger partial charge in [0.05, 0.1) is 17.7 Å². The predicted octanol–water partition coefficient (Wildman–Crippen LogP) is 2.03. The molecule has 18 heavy (non-hydrogen) atoms. The first kappa shape index (κ1) is 13.4. The summed E-state index contributed by atoms with van der Waals surface area (Å²) >= 11 is 1.99. The topological polar surface area (TPSA) is 47.3 Å². The molecule has 1 aliphatic heterocycles. The van der Waals surface area contributed by atoms with Crippen molar-refractivity contribution < 1.29 is 5.11 Å². The molecule has 1 aromatic carbocycles. The number of β-amino-alcohol motifs (C(OH)–C–C–N with tert-alkyl or cyclic N) is 1. The maximum atomic E-state index is 10.2. The Morgan fingerprint density at radius 3 is 2.83 bits per heavy atom. The van der Waals surface area contributed by atoms with Gasteiger partial charge in [0.1, 0.15) is 0 Å². The van der Waals surface area contributed by atoms with Crippen molar-refractivity contribution >= 4 is 11.8 Å². The Morgan fingerprint density at radius 1 is 1.50 bits per heavy atom. The molecule has 1 fully saturated rings. The molecule has 0 bridgehead atoms. The smallest absolute Gasteiger partial charge is 0.0991 e. The van der Waals surface area contributed by atoms with Gasteiger partial charge in [0, 0.05) is 30.6 Å². The Bertz CT molecular complexity index is 426. The number of thioether (sulfide) groups is 1. The van der Waals surface area contributed by atoms with E-state index in [2.05, 4.69) is 17.9 Å². The molecule has 3 nitrogen and oxygen atoms in total. The van der Waals surface area contributed by atoms with E-state index in [1.165, 1.54) is 0 Å². The van der Waals surface area contributed by atoms with Crippen LogP contribution in [-0.4, -0.2) is 40.6 Å². The van der Waals surface area contributed by atoms with Crippen LogP contribution in [0.15, 0.2) is 24.3 Å². The molecule has 0 aliphatic carbocycles. The molecule has 0 amide bonds. The minimum absolute atomic E-state index is 0.465. The SMILES string of the molecule is CC1CN(CC(O)c2ccc(C#N)cc2)CCS1. The van der Waals surface area contributed by atoms with E-state index < -0.39 is 6.10 Å². The van der Waals surface area contributed by atoms with E-state index in [0.29, 0.717) is 17.4 Å². The van der Waals surface area contributed by atoms with Gasteiger partial charge in [-0.2, -0.15) is 17.0 Å². The highest BCUT2D eigenvalue weighted by Gasteiger charge is 2.19. The normalized spacial score (nSPS) is 22.4. The number of aliphatic hydroxyl groups excluding tert-OH is 1. The van der Waals surface area contributed by atoms with Crippen LogP contribution in [0.2, 0.25) is 0 Å². The van der Waals surface area contributed by atoms with E-state index in [1.54, 1.807) is 12.1 Å². The molecular formula is C14H18N2OS. The minimum atomic E-state index is -0.465. The third-order valence-corrected chi connectivity index (χ3v) is 4.32. The summed E-state index contributed by atoms with van der Waals surface area (Å²) in [4.78, 5) is 2.31. The molecule has 4 heteroatoms. The standard InChI is InChI=1S/C14H18N2OS/c1-11-9-16(6-7-18-11)10-14(17)13-4-2-12(8-15)3-5-13/h2-5,11,14,17H,6-7,9-10H2,1H3. The van der Waals surface area contributed by atoms with Crippen LogP contribution in [0.4, 0.5) is 0 Å². The third-order valence-electron chi connectivity index (χ3n) is 3.18. The molecule has 0 spiro atoms. The summed E-state index contributed by atoms with van der Waals surface area (Å²) in [5.74, 6) is 1.14. The number of hydrogen-bond donors (Lipinski definition) is 1. The number of nitriles is 1. The average Bonchev–Trinajstić information content (AvgIpc) is 2.39. The van der Waals surface area contributed by atoms with Gasteiger partial charge in [-0.25, -0.2) is 0 Å². The van der Waals surface area contributed by atoms with Crippen molar-refractivity contribution in [3.05, 3.63) is 35.4 Å². The zero-order chi connectivity index (χ0) is 13.0. The summed E-state index contributed by atoms with van der Waals surface area (Å²) < 4.78 is 0. The van der Waals surface area contributed by atoms with E-state index in [0.717, 1.165) is 24.4 Å². The van der Waals surface area contributed by atoms with Crippen LogP contribution in [0.5, 0.6) is 0 Å². The van der Waals surface area contributed by atoms with Crippen LogP contribution < -0.4 is 0 Å². The first-order chi connectivity index (χ1) is 8.69. The molecule has 96 valence electrons. The average molecular weight is 262 g/mol. The monoisotopic (exact) mass is 262 g/mol. The molecule has 0 saturated carbocycles. The fourth-order valence-electron chi connectivity index (χ4n) is 2.19. The fourth-order valence-corrected chi connectivity index (χ4v) is 3.27. The van der Waals surface area contributed by atoms with Crippen LogP contribution in [0, 0.1) is 11.3 Å².